The van der Waals surface area contributed by atoms with Crippen molar-refractivity contribution in [3.05, 3.63) is 0 Å². The van der Waals surface area contributed by atoms with Gasteiger partial charge in [-0.1, -0.05) is 5.75 Å². The van der Waals surface area contributed by atoms with Crippen molar-refractivity contribution in [1.29, 1.82) is 0 Å². The van der Waals surface area contributed by atoms with Gasteiger partial charge >= 0.3 is 5.97 Å². The Bertz CT molecular complexity index is 232. The van der Waals surface area contributed by atoms with Gasteiger partial charge in [-0.05, 0) is 7.05 Å². The fraction of sp³-hybridized carbons (Fsp3) is 0.778. The first-order valence-corrected chi connectivity index (χ1v) is 5.60. The van der Waals surface area contributed by atoms with Crippen molar-refractivity contribution in [3.8, 4) is 0 Å². The molecule has 0 aliphatic carbocycles. The quantitative estimate of drug-likeness (QED) is 0.250. The van der Waals surface area contributed by atoms with Crippen LogP contribution in [0.5, 0.6) is 0 Å². The van der Waals surface area contributed by atoms with Crippen molar-refractivity contribution in [1.82, 2.24) is 15.5 Å². The van der Waals surface area contributed by atoms with Crippen LogP contribution >= 0.6 is 0 Å². The molecule has 0 fully saturated rings. The van der Waals surface area contributed by atoms with E-state index in [1.54, 1.807) is 11.9 Å². The summed E-state index contributed by atoms with van der Waals surface area (Å²) in [5.41, 5.74) is 0. The number of carbonyl (C=O) groups is 2. The summed E-state index contributed by atoms with van der Waals surface area (Å²) in [5.74, 6) is -0.888. The molecule has 8 heteroatoms. The third-order valence-corrected chi connectivity index (χ3v) is 2.09. The number of nitrogens with one attached hydrogen (secondary N) is 2. The molecule has 3 N–H and O–H groups in total. The van der Waals surface area contributed by atoms with E-state index in [9.17, 15) is 9.59 Å². The molecular weight excluding hydrogens is 497 g/mol. The van der Waals surface area contributed by atoms with Crippen molar-refractivity contribution in [3.63, 3.8) is 0 Å². The summed E-state index contributed by atoms with van der Waals surface area (Å²) < 4.78 is 0. The molecule has 0 heterocycles. The van der Waals surface area contributed by atoms with Crippen LogP contribution in [-0.2, 0) is 22.2 Å². The summed E-state index contributed by atoms with van der Waals surface area (Å²) in [6.45, 7) is 2.57. The van der Waals surface area contributed by atoms with Gasteiger partial charge in [0.05, 0.1) is 6.54 Å². The Morgan fingerprint density at radius 3 is 2.47 bits per heavy atom. The number of rotatable bonds is 9. The number of hydrogen-bond acceptors (Lipinski definition) is 5. The van der Waals surface area contributed by atoms with E-state index in [1.165, 1.54) is 0 Å². The van der Waals surface area contributed by atoms with Crippen LogP contribution in [-0.4, -0.2) is 67.4 Å². The molecule has 0 spiro atoms. The smallest absolute Gasteiger partial charge is 0.317 e. The zero-order valence-corrected chi connectivity index (χ0v) is 17.3. The third kappa shape index (κ3) is 12.1. The maximum Gasteiger partial charge on any atom is 0.317 e. The van der Waals surface area contributed by atoms with Gasteiger partial charge < -0.3 is 28.4 Å². The van der Waals surface area contributed by atoms with Gasteiger partial charge in [-0.2, -0.15) is 0 Å². The first-order chi connectivity index (χ1) is 7.56. The number of nitrogens with zero attached hydrogens (tertiary/aromatic N) is 1. The molecule has 96 valence electrons. The van der Waals surface area contributed by atoms with E-state index in [4.69, 9.17) is 5.11 Å². The fourth-order valence-corrected chi connectivity index (χ4v) is 1.15. The van der Waals surface area contributed by atoms with Crippen molar-refractivity contribution in [2.45, 2.75) is 0 Å². The minimum atomic E-state index is -0.833. The van der Waals surface area contributed by atoms with Crippen LogP contribution in [0.4, 0.5) is 0 Å². The van der Waals surface area contributed by atoms with Crippen LogP contribution in [0.25, 0.3) is 0 Å². The van der Waals surface area contributed by atoms with Gasteiger partial charge in [0.15, 0.2) is 5.91 Å². The molecule has 0 saturated carbocycles. The molecule has 0 aromatic heterocycles. The monoisotopic (exact) mass is 515 g/mol. The maximum atomic E-state index is 10.8. The largest absolute Gasteiger partial charge is 0.783 e. The molecule has 0 aliphatic heterocycles. The van der Waals surface area contributed by atoms with Crippen molar-refractivity contribution >= 4 is 24.5 Å². The van der Waals surface area contributed by atoms with Crippen LogP contribution in [0.2, 0.25) is 0 Å². The number of amides is 1. The van der Waals surface area contributed by atoms with Crippen molar-refractivity contribution < 1.29 is 14.7 Å². The van der Waals surface area contributed by atoms with E-state index in [2.05, 4.69) is 23.3 Å². The Hall–Kier alpha value is -1.79. The number of carboxylic acid groups (broad SMARTS) is 1. The van der Waals surface area contributed by atoms with Crippen LogP contribution in [0.15, 0.2) is 0 Å². The molecule has 0 aliphatic rings. The second-order valence-electron chi connectivity index (χ2n) is 3.38. The standard InChI is InChI=1S/C9H19N3O3S.Rf/c1-12(6-9(14)15)5-4-10-2-3-11-8(13)7-16;/h10,16H,2-7H2,1H3,(H,11,13)(H,14,15);/p-1. The molecule has 17 heavy (non-hydrogen) atoms. The molecular formula is C9H18N3O3RfS-. The molecule has 0 bridgehead atoms. The first-order valence-electron chi connectivity index (χ1n) is 5.02. The topological polar surface area (TPSA) is 81.7 Å². The summed E-state index contributed by atoms with van der Waals surface area (Å²) in [4.78, 5) is 22.8. The molecule has 6 nitrogen and oxygen atoms in total. The van der Waals surface area contributed by atoms with E-state index in [0.717, 1.165) is 0 Å². The van der Waals surface area contributed by atoms with Gasteiger partial charge in [0.25, 0.3) is 0 Å². The predicted molar refractivity (Wildman–Crippen MR) is 63.2 cm³/mol. The molecule has 0 aromatic carbocycles. The minimum Gasteiger partial charge on any atom is -0.783 e. The normalized spacial score (nSPS) is 9.82. The van der Waals surface area contributed by atoms with Gasteiger partial charge in [0, 0.05) is 26.2 Å². The van der Waals surface area contributed by atoms with Crippen LogP contribution < -0.4 is 10.6 Å². The molecule has 1 amide bonds. The Morgan fingerprint density at radius 2 is 1.94 bits per heavy atom. The number of carboxylic acids is 1. The van der Waals surface area contributed by atoms with Crippen LogP contribution in [0, 0.1) is 0 Å². The van der Waals surface area contributed by atoms with Gasteiger partial charge in [-0.15, -0.1) is 0 Å². The van der Waals surface area contributed by atoms with Crippen molar-refractivity contribution in [2.24, 2.45) is 0 Å². The third-order valence-electron chi connectivity index (χ3n) is 1.83. The summed E-state index contributed by atoms with van der Waals surface area (Å²) in [6, 6.07) is 0. The van der Waals surface area contributed by atoms with Crippen LogP contribution in [0.1, 0.15) is 0 Å². The van der Waals surface area contributed by atoms with Gasteiger partial charge in [0.2, 0.25) is 0 Å². The summed E-state index contributed by atoms with van der Waals surface area (Å²) in [6.07, 6.45) is 0. The maximum absolute atomic E-state index is 10.8. The zero-order valence-electron chi connectivity index (χ0n) is 10.1. The second-order valence-corrected chi connectivity index (χ2v) is 3.66. The Labute approximate surface area is 101 Å². The number of carbonyl (C=O) groups excluding carboxylic acids is 1. The summed E-state index contributed by atoms with van der Waals surface area (Å²) >= 11 is 4.56. The Morgan fingerprint density at radius 1 is 1.29 bits per heavy atom. The van der Waals surface area contributed by atoms with E-state index in [-0.39, 0.29) is 18.2 Å². The Balaban J connectivity index is 0. The molecule has 0 atom stereocenters. The van der Waals surface area contributed by atoms with E-state index < -0.39 is 5.97 Å². The van der Waals surface area contributed by atoms with E-state index in [1.807, 2.05) is 0 Å². The molecule has 0 saturated heterocycles. The molecule has 0 rings (SSSR count). The average molecular weight is 515 g/mol. The predicted octanol–water partition coefficient (Wildman–Crippen LogP) is -1.74. The molecule has 0 aromatic rings. The van der Waals surface area contributed by atoms with Gasteiger partial charge in [0.1, 0.15) is 0 Å². The zero-order chi connectivity index (χ0) is 12.4. The van der Waals surface area contributed by atoms with Crippen molar-refractivity contribution in [2.75, 3.05) is 45.5 Å². The molecule has 0 radical (unpaired) electrons. The van der Waals surface area contributed by atoms with Gasteiger partial charge in [-0.25, -0.2) is 0 Å². The Kier molecular flexibility index (Phi) is 11.1. The van der Waals surface area contributed by atoms with Gasteiger partial charge in [-0.3, -0.25) is 14.5 Å². The second kappa shape index (κ2) is 10.7. The summed E-state index contributed by atoms with van der Waals surface area (Å²) in [7, 11) is 1.74. The number of hydrogen-bond donors (Lipinski definition) is 3. The first kappa shape index (κ1) is 17.6. The average Bonchev–Trinajstić information content (AvgIpc) is 2.21. The van der Waals surface area contributed by atoms with E-state index in [0.29, 0.717) is 26.2 Å². The summed E-state index contributed by atoms with van der Waals surface area (Å²) in [5, 5.41) is 14.2. The van der Waals surface area contributed by atoms with E-state index >= 15 is 0 Å². The fourth-order valence-electron chi connectivity index (χ4n) is 1.05. The number of likely N-dealkylation sites (N-methyl/N-ethyl adjacent to an activating group) is 1. The SMILES string of the molecule is CN(CCNCCNC(=O)C[S-])CC(=O)O.[Rf]. The number of aliphatic carboxylic acids is 1. The molecule has 0 unspecified atom stereocenters. The van der Waals surface area contributed by atoms with Crippen LogP contribution in [0.3, 0.4) is 0 Å². The minimum absolute atomic E-state index is 0.